The zero-order chi connectivity index (χ0) is 11.0. The van der Waals surface area contributed by atoms with Crippen LogP contribution in [0.15, 0.2) is 0 Å². The number of nitrogens with zero attached hydrogens (tertiary/aromatic N) is 1. The largest absolute Gasteiger partial charge is 0.450 e. The summed E-state index contributed by atoms with van der Waals surface area (Å²) in [6.45, 7) is 9.29. The van der Waals surface area contributed by atoms with Gasteiger partial charge in [0.25, 0.3) is 0 Å². The molecule has 0 aromatic rings. The molecule has 0 aliphatic carbocycles. The fourth-order valence-electron chi connectivity index (χ4n) is 1.30. The van der Waals surface area contributed by atoms with Crippen molar-refractivity contribution in [3.63, 3.8) is 0 Å². The van der Waals surface area contributed by atoms with Gasteiger partial charge in [-0.2, -0.15) is 0 Å². The van der Waals surface area contributed by atoms with E-state index >= 15 is 0 Å². The van der Waals surface area contributed by atoms with Gasteiger partial charge in [-0.25, -0.2) is 4.79 Å². The lowest BCUT2D eigenvalue weighted by molar-refractivity contribution is 0.0952. The van der Waals surface area contributed by atoms with E-state index in [0.29, 0.717) is 6.61 Å². The van der Waals surface area contributed by atoms with Crippen LogP contribution in [0.1, 0.15) is 47.0 Å². The molecule has 0 saturated carbocycles. The quantitative estimate of drug-likeness (QED) is 0.618. The van der Waals surface area contributed by atoms with E-state index in [1.54, 1.807) is 4.90 Å². The summed E-state index contributed by atoms with van der Waals surface area (Å²) in [4.78, 5) is 13.3. The van der Waals surface area contributed by atoms with Gasteiger partial charge >= 0.3 is 6.09 Å². The number of hydrogen-bond acceptors (Lipinski definition) is 2. The van der Waals surface area contributed by atoms with E-state index < -0.39 is 0 Å². The third kappa shape index (κ3) is 5.10. The molecule has 0 saturated heterocycles. The molecule has 0 fully saturated rings. The lowest BCUT2D eigenvalue weighted by atomic mass is 10.2. The SMILES string of the molecule is CCCCCN(C(=O)OCC)C(C)C. The summed E-state index contributed by atoms with van der Waals surface area (Å²) >= 11 is 0. The van der Waals surface area contributed by atoms with Crippen molar-refractivity contribution >= 4 is 6.09 Å². The second-order valence-electron chi connectivity index (χ2n) is 3.69. The Balaban J connectivity index is 3.95. The molecule has 0 atom stereocenters. The van der Waals surface area contributed by atoms with Crippen LogP contribution in [0.5, 0.6) is 0 Å². The number of carbonyl (C=O) groups excluding carboxylic acids is 1. The van der Waals surface area contributed by atoms with Gasteiger partial charge in [0.2, 0.25) is 0 Å². The van der Waals surface area contributed by atoms with Crippen LogP contribution in [0.3, 0.4) is 0 Å². The third-order valence-electron chi connectivity index (χ3n) is 2.13. The number of amides is 1. The molecule has 14 heavy (non-hydrogen) atoms. The Morgan fingerprint density at radius 2 is 1.93 bits per heavy atom. The maximum Gasteiger partial charge on any atom is 0.409 e. The number of rotatable bonds is 6. The number of carbonyl (C=O) groups is 1. The van der Waals surface area contributed by atoms with Gasteiger partial charge in [0.05, 0.1) is 6.61 Å². The summed E-state index contributed by atoms with van der Waals surface area (Å²) in [6.07, 6.45) is 3.23. The summed E-state index contributed by atoms with van der Waals surface area (Å²) < 4.78 is 4.98. The fourth-order valence-corrected chi connectivity index (χ4v) is 1.30. The Morgan fingerprint density at radius 1 is 1.29 bits per heavy atom. The van der Waals surface area contributed by atoms with Gasteiger partial charge in [-0.05, 0) is 27.2 Å². The van der Waals surface area contributed by atoms with Crippen molar-refractivity contribution in [2.24, 2.45) is 0 Å². The predicted octanol–water partition coefficient (Wildman–Crippen LogP) is 3.04. The van der Waals surface area contributed by atoms with E-state index in [1.165, 1.54) is 12.8 Å². The molecule has 3 nitrogen and oxygen atoms in total. The van der Waals surface area contributed by atoms with Crippen molar-refractivity contribution in [2.75, 3.05) is 13.2 Å². The molecule has 84 valence electrons. The van der Waals surface area contributed by atoms with E-state index in [-0.39, 0.29) is 12.1 Å². The minimum atomic E-state index is -0.182. The standard InChI is InChI=1S/C11H23NO2/c1-5-7-8-9-12(10(3)4)11(13)14-6-2/h10H,5-9H2,1-4H3. The van der Waals surface area contributed by atoms with Gasteiger partial charge in [0, 0.05) is 12.6 Å². The summed E-state index contributed by atoms with van der Waals surface area (Å²) in [7, 11) is 0. The lowest BCUT2D eigenvalue weighted by Crippen LogP contribution is -2.38. The number of ether oxygens (including phenoxy) is 1. The molecule has 0 spiro atoms. The first-order valence-electron chi connectivity index (χ1n) is 5.56. The Morgan fingerprint density at radius 3 is 2.36 bits per heavy atom. The smallest absolute Gasteiger partial charge is 0.409 e. The number of unbranched alkanes of at least 4 members (excludes halogenated alkanes) is 2. The second kappa shape index (κ2) is 7.65. The van der Waals surface area contributed by atoms with Crippen LogP contribution in [-0.4, -0.2) is 30.2 Å². The van der Waals surface area contributed by atoms with E-state index in [1.807, 2.05) is 20.8 Å². The average molecular weight is 201 g/mol. The minimum absolute atomic E-state index is 0.182. The van der Waals surface area contributed by atoms with Crippen LogP contribution >= 0.6 is 0 Å². The topological polar surface area (TPSA) is 29.5 Å². The zero-order valence-corrected chi connectivity index (χ0v) is 9.88. The summed E-state index contributed by atoms with van der Waals surface area (Å²) in [6, 6.07) is 0.228. The molecule has 0 aromatic heterocycles. The molecule has 0 unspecified atom stereocenters. The van der Waals surface area contributed by atoms with Crippen molar-refractivity contribution in [3.05, 3.63) is 0 Å². The summed E-state index contributed by atoms with van der Waals surface area (Å²) in [5, 5.41) is 0. The first kappa shape index (κ1) is 13.3. The molecule has 0 aliphatic rings. The van der Waals surface area contributed by atoms with Gasteiger partial charge in [-0.3, -0.25) is 0 Å². The third-order valence-corrected chi connectivity index (χ3v) is 2.13. The highest BCUT2D eigenvalue weighted by Gasteiger charge is 2.16. The normalized spacial score (nSPS) is 10.4. The number of hydrogen-bond donors (Lipinski definition) is 0. The lowest BCUT2D eigenvalue weighted by Gasteiger charge is -2.25. The molecule has 1 amide bonds. The first-order valence-corrected chi connectivity index (χ1v) is 5.56. The van der Waals surface area contributed by atoms with Crippen molar-refractivity contribution in [1.82, 2.24) is 4.90 Å². The Hall–Kier alpha value is -0.730. The molecule has 0 bridgehead atoms. The molecule has 0 N–H and O–H groups in total. The molecule has 3 heteroatoms. The van der Waals surface area contributed by atoms with Crippen LogP contribution in [0.2, 0.25) is 0 Å². The molecular weight excluding hydrogens is 178 g/mol. The Labute approximate surface area is 87.4 Å². The monoisotopic (exact) mass is 201 g/mol. The van der Waals surface area contributed by atoms with E-state index in [9.17, 15) is 4.79 Å². The summed E-state index contributed by atoms with van der Waals surface area (Å²) in [5.41, 5.74) is 0. The van der Waals surface area contributed by atoms with E-state index in [0.717, 1.165) is 13.0 Å². The maximum absolute atomic E-state index is 11.5. The van der Waals surface area contributed by atoms with Gasteiger partial charge in [-0.1, -0.05) is 19.8 Å². The Kier molecular flexibility index (Phi) is 7.25. The highest BCUT2D eigenvalue weighted by Crippen LogP contribution is 2.05. The van der Waals surface area contributed by atoms with Crippen molar-refractivity contribution in [2.45, 2.75) is 53.0 Å². The molecule has 0 aromatic carbocycles. The fraction of sp³-hybridized carbons (Fsp3) is 0.909. The second-order valence-corrected chi connectivity index (χ2v) is 3.69. The van der Waals surface area contributed by atoms with Crippen LogP contribution < -0.4 is 0 Å². The van der Waals surface area contributed by atoms with Gasteiger partial charge in [0.15, 0.2) is 0 Å². The molecular formula is C11H23NO2. The summed E-state index contributed by atoms with van der Waals surface area (Å²) in [5.74, 6) is 0. The maximum atomic E-state index is 11.5. The van der Waals surface area contributed by atoms with Crippen LogP contribution in [0, 0.1) is 0 Å². The van der Waals surface area contributed by atoms with Crippen LogP contribution in [-0.2, 0) is 4.74 Å². The molecule has 0 aliphatic heterocycles. The predicted molar refractivity (Wildman–Crippen MR) is 58.4 cm³/mol. The van der Waals surface area contributed by atoms with Crippen molar-refractivity contribution in [3.8, 4) is 0 Å². The van der Waals surface area contributed by atoms with Crippen LogP contribution in [0.4, 0.5) is 4.79 Å². The van der Waals surface area contributed by atoms with E-state index in [4.69, 9.17) is 4.74 Å². The van der Waals surface area contributed by atoms with Crippen molar-refractivity contribution < 1.29 is 9.53 Å². The average Bonchev–Trinajstić information content (AvgIpc) is 2.12. The van der Waals surface area contributed by atoms with Gasteiger partial charge < -0.3 is 9.64 Å². The highest BCUT2D eigenvalue weighted by molar-refractivity contribution is 5.67. The molecule has 0 rings (SSSR count). The zero-order valence-electron chi connectivity index (χ0n) is 9.88. The van der Waals surface area contributed by atoms with Crippen molar-refractivity contribution in [1.29, 1.82) is 0 Å². The van der Waals surface area contributed by atoms with Gasteiger partial charge in [0.1, 0.15) is 0 Å². The molecule has 0 heterocycles. The highest BCUT2D eigenvalue weighted by atomic mass is 16.6. The Bertz CT molecular complexity index is 157. The van der Waals surface area contributed by atoms with Gasteiger partial charge in [-0.15, -0.1) is 0 Å². The molecule has 0 radical (unpaired) electrons. The van der Waals surface area contributed by atoms with E-state index in [2.05, 4.69) is 6.92 Å². The van der Waals surface area contributed by atoms with Crippen LogP contribution in [0.25, 0.3) is 0 Å². The minimum Gasteiger partial charge on any atom is -0.450 e. The first-order chi connectivity index (χ1) is 6.63.